The molecule has 0 aromatic carbocycles. The van der Waals surface area contributed by atoms with Crippen LogP contribution in [0.2, 0.25) is 0 Å². The molecule has 96 valence electrons. The first-order chi connectivity index (χ1) is 8.13. The van der Waals surface area contributed by atoms with Crippen molar-refractivity contribution in [3.8, 4) is 0 Å². The second-order valence-electron chi connectivity index (χ2n) is 5.28. The molecule has 0 saturated heterocycles. The lowest BCUT2D eigenvalue weighted by Gasteiger charge is -2.21. The van der Waals surface area contributed by atoms with E-state index in [1.54, 1.807) is 0 Å². The van der Waals surface area contributed by atoms with Crippen LogP contribution in [-0.2, 0) is 6.54 Å². The van der Waals surface area contributed by atoms with Gasteiger partial charge in [0.2, 0.25) is 0 Å². The summed E-state index contributed by atoms with van der Waals surface area (Å²) in [5.74, 6) is 0.533. The lowest BCUT2D eigenvalue weighted by atomic mass is 10.0. The SMILES string of the molecule is CCNC(Cn1ccn(C2CC2)c1=O)C(C)C. The van der Waals surface area contributed by atoms with Gasteiger partial charge in [-0.15, -0.1) is 0 Å². The average molecular weight is 237 g/mol. The Hall–Kier alpha value is -1.03. The van der Waals surface area contributed by atoms with E-state index in [-0.39, 0.29) is 5.69 Å². The fraction of sp³-hybridized carbons (Fsp3) is 0.769. The number of rotatable bonds is 6. The molecule has 0 bridgehead atoms. The molecule has 1 unspecified atom stereocenters. The van der Waals surface area contributed by atoms with Crippen molar-refractivity contribution in [2.24, 2.45) is 5.92 Å². The summed E-state index contributed by atoms with van der Waals surface area (Å²) in [6.07, 6.45) is 6.17. The Labute approximate surface area is 103 Å². The van der Waals surface area contributed by atoms with Crippen LogP contribution in [0, 0.1) is 5.92 Å². The maximum Gasteiger partial charge on any atom is 0.328 e. The molecular formula is C13H23N3O. The minimum absolute atomic E-state index is 0.149. The van der Waals surface area contributed by atoms with Crippen LogP contribution in [0.15, 0.2) is 17.2 Å². The Kier molecular flexibility index (Phi) is 3.72. The van der Waals surface area contributed by atoms with Crippen molar-refractivity contribution in [1.82, 2.24) is 14.5 Å². The zero-order chi connectivity index (χ0) is 12.4. The van der Waals surface area contributed by atoms with Gasteiger partial charge < -0.3 is 5.32 Å². The Bertz CT molecular complexity index is 415. The molecule has 1 N–H and O–H groups in total. The van der Waals surface area contributed by atoms with Crippen LogP contribution in [0.4, 0.5) is 0 Å². The van der Waals surface area contributed by atoms with E-state index in [0.29, 0.717) is 18.0 Å². The van der Waals surface area contributed by atoms with Gasteiger partial charge in [-0.25, -0.2) is 4.79 Å². The van der Waals surface area contributed by atoms with Crippen LogP contribution in [0.25, 0.3) is 0 Å². The van der Waals surface area contributed by atoms with Gasteiger partial charge in [-0.2, -0.15) is 0 Å². The summed E-state index contributed by atoms with van der Waals surface area (Å²) < 4.78 is 3.72. The number of hydrogen-bond donors (Lipinski definition) is 1. The number of likely N-dealkylation sites (N-methyl/N-ethyl adjacent to an activating group) is 1. The smallest absolute Gasteiger partial charge is 0.312 e. The van der Waals surface area contributed by atoms with Gasteiger partial charge in [0.15, 0.2) is 0 Å². The van der Waals surface area contributed by atoms with Crippen molar-refractivity contribution in [3.63, 3.8) is 0 Å². The highest BCUT2D eigenvalue weighted by atomic mass is 16.1. The zero-order valence-corrected chi connectivity index (χ0v) is 11.0. The van der Waals surface area contributed by atoms with Crippen LogP contribution in [0.5, 0.6) is 0 Å². The highest BCUT2D eigenvalue weighted by molar-refractivity contribution is 4.92. The molecule has 2 rings (SSSR count). The second-order valence-corrected chi connectivity index (χ2v) is 5.28. The van der Waals surface area contributed by atoms with Crippen LogP contribution >= 0.6 is 0 Å². The summed E-state index contributed by atoms with van der Waals surface area (Å²) in [4.78, 5) is 12.1. The molecule has 0 aliphatic heterocycles. The lowest BCUT2D eigenvalue weighted by Crippen LogP contribution is -2.40. The van der Waals surface area contributed by atoms with Crippen LogP contribution in [0.1, 0.15) is 39.7 Å². The van der Waals surface area contributed by atoms with Crippen molar-refractivity contribution in [1.29, 1.82) is 0 Å². The number of aromatic nitrogens is 2. The summed E-state index contributed by atoms with van der Waals surface area (Å²) in [7, 11) is 0. The van der Waals surface area contributed by atoms with Crippen molar-refractivity contribution < 1.29 is 0 Å². The van der Waals surface area contributed by atoms with Gasteiger partial charge in [0.1, 0.15) is 0 Å². The fourth-order valence-corrected chi connectivity index (χ4v) is 2.18. The minimum Gasteiger partial charge on any atom is -0.312 e. The van der Waals surface area contributed by atoms with Crippen molar-refractivity contribution in [2.75, 3.05) is 6.54 Å². The molecule has 1 heterocycles. The Morgan fingerprint density at radius 1 is 1.41 bits per heavy atom. The quantitative estimate of drug-likeness (QED) is 0.816. The van der Waals surface area contributed by atoms with Gasteiger partial charge >= 0.3 is 5.69 Å². The molecule has 1 atom stereocenters. The summed E-state index contributed by atoms with van der Waals surface area (Å²) >= 11 is 0. The third-order valence-corrected chi connectivity index (χ3v) is 3.48. The van der Waals surface area contributed by atoms with Gasteiger partial charge in [0.05, 0.1) is 0 Å². The molecule has 1 aromatic rings. The Balaban J connectivity index is 2.08. The maximum atomic E-state index is 12.1. The molecule has 0 spiro atoms. The van der Waals surface area contributed by atoms with Gasteiger partial charge in [0.25, 0.3) is 0 Å². The molecule has 1 aliphatic rings. The predicted octanol–water partition coefficient (Wildman–Crippen LogP) is 1.62. The summed E-state index contributed by atoms with van der Waals surface area (Å²) in [6.45, 7) is 8.20. The van der Waals surface area contributed by atoms with Crippen molar-refractivity contribution >= 4 is 0 Å². The summed E-state index contributed by atoms with van der Waals surface area (Å²) in [5, 5.41) is 3.44. The number of nitrogens with one attached hydrogen (secondary N) is 1. The van der Waals surface area contributed by atoms with Gasteiger partial charge in [-0.05, 0) is 25.3 Å². The molecule has 0 amide bonds. The molecule has 4 nitrogen and oxygen atoms in total. The highest BCUT2D eigenvalue weighted by Gasteiger charge is 2.26. The molecule has 17 heavy (non-hydrogen) atoms. The number of imidazole rings is 1. The molecule has 1 saturated carbocycles. The Morgan fingerprint density at radius 2 is 2.12 bits per heavy atom. The number of nitrogens with zero attached hydrogens (tertiary/aromatic N) is 2. The number of hydrogen-bond acceptors (Lipinski definition) is 2. The molecule has 1 aromatic heterocycles. The van der Waals surface area contributed by atoms with E-state index in [2.05, 4.69) is 26.1 Å². The first kappa shape index (κ1) is 12.4. The van der Waals surface area contributed by atoms with Gasteiger partial charge in [0, 0.05) is 31.0 Å². The predicted molar refractivity (Wildman–Crippen MR) is 69.3 cm³/mol. The molecule has 4 heteroatoms. The molecular weight excluding hydrogens is 214 g/mol. The first-order valence-corrected chi connectivity index (χ1v) is 6.64. The van der Waals surface area contributed by atoms with E-state index < -0.39 is 0 Å². The first-order valence-electron chi connectivity index (χ1n) is 6.64. The fourth-order valence-electron chi connectivity index (χ4n) is 2.18. The van der Waals surface area contributed by atoms with Crippen molar-refractivity contribution in [2.45, 2.75) is 52.2 Å². The van der Waals surface area contributed by atoms with E-state index in [4.69, 9.17) is 0 Å². The molecule has 1 fully saturated rings. The Morgan fingerprint density at radius 3 is 2.65 bits per heavy atom. The van der Waals surface area contributed by atoms with Crippen LogP contribution in [-0.4, -0.2) is 21.7 Å². The van der Waals surface area contributed by atoms with Crippen molar-refractivity contribution in [3.05, 3.63) is 22.9 Å². The van der Waals surface area contributed by atoms with E-state index in [1.165, 1.54) is 0 Å². The minimum atomic E-state index is 0.149. The second kappa shape index (κ2) is 5.08. The van der Waals surface area contributed by atoms with Crippen LogP contribution < -0.4 is 11.0 Å². The van der Waals surface area contributed by atoms with E-state index in [1.807, 2.05) is 21.5 Å². The van der Waals surface area contributed by atoms with Gasteiger partial charge in [-0.3, -0.25) is 9.13 Å². The lowest BCUT2D eigenvalue weighted by molar-refractivity contribution is 0.357. The maximum absolute atomic E-state index is 12.1. The largest absolute Gasteiger partial charge is 0.328 e. The average Bonchev–Trinajstić information content (AvgIpc) is 3.05. The standard InChI is InChI=1S/C13H23N3O/c1-4-14-12(10(2)3)9-15-7-8-16(13(15)17)11-5-6-11/h7-8,10-12,14H,4-6,9H2,1-3H3. The monoisotopic (exact) mass is 237 g/mol. The zero-order valence-electron chi connectivity index (χ0n) is 11.0. The van der Waals surface area contributed by atoms with E-state index in [9.17, 15) is 4.79 Å². The van der Waals surface area contributed by atoms with Gasteiger partial charge in [-0.1, -0.05) is 20.8 Å². The molecule has 1 aliphatic carbocycles. The molecule has 0 radical (unpaired) electrons. The van der Waals surface area contributed by atoms with E-state index in [0.717, 1.165) is 25.9 Å². The summed E-state index contributed by atoms with van der Waals surface area (Å²) in [5.41, 5.74) is 0.149. The third-order valence-electron chi connectivity index (χ3n) is 3.48. The topological polar surface area (TPSA) is 39.0 Å². The normalized spacial score (nSPS) is 17.6. The van der Waals surface area contributed by atoms with Crippen LogP contribution in [0.3, 0.4) is 0 Å². The van der Waals surface area contributed by atoms with E-state index >= 15 is 0 Å². The third kappa shape index (κ3) is 2.80. The highest BCUT2D eigenvalue weighted by Crippen LogP contribution is 2.33. The summed E-state index contributed by atoms with van der Waals surface area (Å²) in [6, 6.07) is 0.841.